The van der Waals surface area contributed by atoms with Gasteiger partial charge in [0.05, 0.1) is 63.3 Å². The zero-order valence-electron chi connectivity index (χ0n) is 35.2. The molecule has 62 heavy (non-hydrogen) atoms. The van der Waals surface area contributed by atoms with Gasteiger partial charge in [-0.2, -0.15) is 5.10 Å². The van der Waals surface area contributed by atoms with Crippen LogP contribution < -0.4 is 20.7 Å². The van der Waals surface area contributed by atoms with Gasteiger partial charge < -0.3 is 44.1 Å². The van der Waals surface area contributed by atoms with Gasteiger partial charge in [0, 0.05) is 52.3 Å². The molecule has 0 bridgehead atoms. The van der Waals surface area contributed by atoms with Gasteiger partial charge in [-0.1, -0.05) is 38.7 Å². The molecule has 5 aromatic rings. The zero-order chi connectivity index (χ0) is 43.5. The number of imidazole rings is 1. The smallest absolute Gasteiger partial charge is 0.324 e. The molecule has 328 valence electrons. The van der Waals surface area contributed by atoms with Gasteiger partial charge in [0.25, 0.3) is 5.91 Å². The molecule has 17 heteroatoms. The van der Waals surface area contributed by atoms with Crippen molar-refractivity contribution in [1.82, 2.24) is 30.0 Å². The number of nitrogens with one attached hydrogen (secondary N) is 4. The molecule has 0 saturated carbocycles. The molecular weight excluding hydrogens is 797 g/mol. The Kier molecular flexibility index (Phi) is 14.8. The number of hydrogen-bond donors (Lipinski definition) is 6. The summed E-state index contributed by atoms with van der Waals surface area (Å²) in [6, 6.07) is 19.7. The van der Waals surface area contributed by atoms with E-state index in [1.165, 1.54) is 0 Å². The molecule has 3 atom stereocenters. The summed E-state index contributed by atoms with van der Waals surface area (Å²) < 4.78 is 30.3. The first-order valence-electron chi connectivity index (χ1n) is 20.7. The maximum atomic E-state index is 13.1. The number of ether oxygens (including phenoxy) is 5. The van der Waals surface area contributed by atoms with Crippen molar-refractivity contribution in [1.29, 1.82) is 0 Å². The highest BCUT2D eigenvalue weighted by Gasteiger charge is 2.39. The number of benzene rings is 3. The van der Waals surface area contributed by atoms with E-state index in [0.717, 1.165) is 33.5 Å². The number of urea groups is 1. The molecular formula is C45H54N8O9. The number of aromatic nitrogens is 4. The van der Waals surface area contributed by atoms with Crippen molar-refractivity contribution in [2.24, 2.45) is 0 Å². The summed E-state index contributed by atoms with van der Waals surface area (Å²) in [5.74, 6) is 7.14. The van der Waals surface area contributed by atoms with Gasteiger partial charge >= 0.3 is 6.03 Å². The molecule has 1 saturated heterocycles. The van der Waals surface area contributed by atoms with Gasteiger partial charge in [0.1, 0.15) is 37.7 Å². The normalized spacial score (nSPS) is 17.5. The third-order valence-corrected chi connectivity index (χ3v) is 10.4. The Hall–Kier alpha value is -5.84. The van der Waals surface area contributed by atoms with Crippen LogP contribution in [0.4, 0.5) is 16.3 Å². The highest BCUT2D eigenvalue weighted by Crippen LogP contribution is 2.31. The van der Waals surface area contributed by atoms with Crippen molar-refractivity contribution >= 4 is 34.5 Å². The highest BCUT2D eigenvalue weighted by atomic mass is 16.6. The number of aromatic amines is 1. The molecule has 6 N–H and O–H groups in total. The van der Waals surface area contributed by atoms with Crippen LogP contribution in [0.25, 0.3) is 16.7 Å². The Bertz CT molecular complexity index is 2350. The number of nitrogens with zero attached hydrogens (tertiary/aromatic N) is 4. The molecule has 3 amide bonds. The van der Waals surface area contributed by atoms with Crippen LogP contribution in [0.15, 0.2) is 73.1 Å². The highest BCUT2D eigenvalue weighted by molar-refractivity contribution is 6.00. The van der Waals surface area contributed by atoms with E-state index in [1.54, 1.807) is 23.4 Å². The van der Waals surface area contributed by atoms with Gasteiger partial charge in [0.15, 0.2) is 5.82 Å². The van der Waals surface area contributed by atoms with Gasteiger partial charge in [0.2, 0.25) is 0 Å². The summed E-state index contributed by atoms with van der Waals surface area (Å²) in [4.78, 5) is 31.8. The lowest BCUT2D eigenvalue weighted by Gasteiger charge is -2.37. The van der Waals surface area contributed by atoms with Crippen LogP contribution >= 0.6 is 0 Å². The van der Waals surface area contributed by atoms with Crippen LogP contribution in [0.2, 0.25) is 0 Å². The largest absolute Gasteiger partial charge is 0.491 e. The average molecular weight is 851 g/mol. The lowest BCUT2D eigenvalue weighted by atomic mass is 9.92. The predicted molar refractivity (Wildman–Crippen MR) is 231 cm³/mol. The fraction of sp³-hybridized carbons (Fsp3) is 0.422. The topological polar surface area (TPSA) is 207 Å². The Morgan fingerprint density at radius 2 is 1.61 bits per heavy atom. The van der Waals surface area contributed by atoms with Crippen molar-refractivity contribution in [2.45, 2.75) is 64.1 Å². The molecule has 2 aliphatic rings. The number of H-pyrrole nitrogens is 1. The first-order valence-corrected chi connectivity index (χ1v) is 20.7. The van der Waals surface area contributed by atoms with E-state index in [1.807, 2.05) is 59.2 Å². The second-order valence-electron chi connectivity index (χ2n) is 15.9. The third-order valence-electron chi connectivity index (χ3n) is 10.4. The Balaban J connectivity index is 0.714. The van der Waals surface area contributed by atoms with Crippen molar-refractivity contribution in [3.8, 4) is 23.3 Å². The fourth-order valence-electron chi connectivity index (χ4n) is 7.12. The van der Waals surface area contributed by atoms with E-state index in [0.29, 0.717) is 95.1 Å². The number of aliphatic hydroxyl groups is 2. The molecule has 0 aliphatic carbocycles. The third kappa shape index (κ3) is 11.5. The van der Waals surface area contributed by atoms with Crippen LogP contribution in [0.3, 0.4) is 0 Å². The maximum Gasteiger partial charge on any atom is 0.324 e. The number of piperidine rings is 1. The molecule has 0 spiro atoms. The number of anilines is 2. The number of rotatable bonds is 18. The predicted octanol–water partition coefficient (Wildman–Crippen LogP) is 4.53. The lowest BCUT2D eigenvalue weighted by Crippen LogP contribution is -2.56. The monoisotopic (exact) mass is 850 g/mol. The summed E-state index contributed by atoms with van der Waals surface area (Å²) in [5.41, 5.74) is 6.24. The summed E-state index contributed by atoms with van der Waals surface area (Å²) in [7, 11) is 0. The number of carbonyl (C=O) groups excluding carboxylic acids is 2. The molecule has 4 heterocycles. The average Bonchev–Trinajstić information content (AvgIpc) is 3.99. The Labute approximate surface area is 360 Å². The van der Waals surface area contributed by atoms with E-state index < -0.39 is 18.5 Å². The summed E-state index contributed by atoms with van der Waals surface area (Å²) in [6.45, 7) is 10.1. The van der Waals surface area contributed by atoms with E-state index in [9.17, 15) is 19.8 Å². The van der Waals surface area contributed by atoms with Crippen molar-refractivity contribution in [2.75, 3.05) is 70.1 Å². The SMILES string of the molecule is CC(C)(C)c1cc(NC(=O)Nc2ccc(-n3cnc4cc(OCCOCCOCCOCCOCC#Cc5cccc6c5CN(C5CCC(O)NC5O)C6=O)ccc43)cc2)n[nH]1. The van der Waals surface area contributed by atoms with E-state index in [-0.39, 0.29) is 24.0 Å². The van der Waals surface area contributed by atoms with Crippen molar-refractivity contribution in [3.05, 3.63) is 95.4 Å². The van der Waals surface area contributed by atoms with Crippen molar-refractivity contribution in [3.63, 3.8) is 0 Å². The van der Waals surface area contributed by atoms with E-state index in [4.69, 9.17) is 23.7 Å². The van der Waals surface area contributed by atoms with Crippen LogP contribution in [0, 0.1) is 11.8 Å². The maximum absolute atomic E-state index is 13.1. The molecule has 17 nitrogen and oxygen atoms in total. The molecule has 3 unspecified atom stereocenters. The first-order chi connectivity index (χ1) is 30.0. The summed E-state index contributed by atoms with van der Waals surface area (Å²) in [6.07, 6.45) is 0.964. The molecule has 2 aromatic heterocycles. The fourth-order valence-corrected chi connectivity index (χ4v) is 7.12. The van der Waals surface area contributed by atoms with Crippen LogP contribution in [-0.4, -0.2) is 125 Å². The van der Waals surface area contributed by atoms with Gasteiger partial charge in [-0.15, -0.1) is 0 Å². The van der Waals surface area contributed by atoms with Crippen LogP contribution in [0.1, 0.15) is 60.8 Å². The van der Waals surface area contributed by atoms with E-state index in [2.05, 4.69) is 63.7 Å². The summed E-state index contributed by atoms with van der Waals surface area (Å²) >= 11 is 0. The quantitative estimate of drug-likeness (QED) is 0.0532. The van der Waals surface area contributed by atoms with Gasteiger partial charge in [-0.25, -0.2) is 9.78 Å². The first kappa shape index (κ1) is 44.2. The van der Waals surface area contributed by atoms with Crippen molar-refractivity contribution < 1.29 is 43.5 Å². The molecule has 3 aromatic carbocycles. The van der Waals surface area contributed by atoms with Crippen LogP contribution in [-0.2, 0) is 30.9 Å². The van der Waals surface area contributed by atoms with Gasteiger partial charge in [-0.3, -0.25) is 25.1 Å². The Morgan fingerprint density at radius 1 is 0.887 bits per heavy atom. The zero-order valence-corrected chi connectivity index (χ0v) is 35.2. The molecule has 2 aliphatic heterocycles. The number of carbonyl (C=O) groups is 2. The Morgan fingerprint density at radius 3 is 2.32 bits per heavy atom. The minimum absolute atomic E-state index is 0.104. The van der Waals surface area contributed by atoms with Gasteiger partial charge in [-0.05, 0) is 66.9 Å². The second kappa shape index (κ2) is 20.8. The molecule has 0 radical (unpaired) electrons. The minimum Gasteiger partial charge on any atom is -0.491 e. The molecule has 7 rings (SSSR count). The lowest BCUT2D eigenvalue weighted by molar-refractivity contribution is -0.0477. The number of fused-ring (bicyclic) bond motifs is 2. The number of amides is 3. The number of hydrogen-bond acceptors (Lipinski definition) is 12. The number of aliphatic hydroxyl groups excluding tert-OH is 2. The van der Waals surface area contributed by atoms with E-state index >= 15 is 0 Å². The molecule has 1 fully saturated rings. The standard InChI is InChI=1S/C45H54N8O9/c1-45(2,3)39-27-40(51-50-39)48-44(57)47-31-9-11-32(12-10-31)53-29-46-36-26-33(13-14-37(36)53)62-25-24-61-23-22-60-21-20-59-19-18-58-17-5-7-30-6-4-8-34-35(30)28-52(43(34)56)38-15-16-41(54)49-42(38)55/h4,6,8-14,26-27,29,38,41-42,49,54-55H,15-25,28H2,1-3H3,(H3,47,48,50,51,57). The second-order valence-corrected chi connectivity index (χ2v) is 15.9. The minimum atomic E-state index is -0.988. The summed E-state index contributed by atoms with van der Waals surface area (Å²) in [5, 5.41) is 35.6. The van der Waals surface area contributed by atoms with Crippen LogP contribution in [0.5, 0.6) is 5.75 Å².